The molecular weight excluding hydrogens is 99.0 g/mol. The normalized spacial score (nSPS) is 10.3. The Bertz CT molecular complexity index is 37.8. The third-order valence-electron chi connectivity index (χ3n) is 0.474. The molecule has 7 heavy (non-hydrogen) atoms. The van der Waals surface area contributed by atoms with Crippen LogP contribution in [0.1, 0.15) is 20.8 Å². The van der Waals surface area contributed by atoms with Gasteiger partial charge in [-0.1, -0.05) is 20.8 Å². The van der Waals surface area contributed by atoms with Crippen LogP contribution in [-0.4, -0.2) is 41.3 Å². The van der Waals surface area contributed by atoms with Gasteiger partial charge in [-0.3, -0.25) is 0 Å². The van der Waals surface area contributed by atoms with Crippen LogP contribution in [0.25, 0.3) is 0 Å². The molecule has 0 rings (SSSR count). The maximum absolute atomic E-state index is 8.40. The summed E-state index contributed by atoms with van der Waals surface area (Å²) in [6.45, 7) is 6.25. The van der Waals surface area contributed by atoms with E-state index in [4.69, 9.17) is 5.11 Å². The van der Waals surface area contributed by atoms with Gasteiger partial charge in [0.25, 0.3) is 0 Å². The van der Waals surface area contributed by atoms with Gasteiger partial charge >= 0.3 is 29.6 Å². The summed E-state index contributed by atoms with van der Waals surface area (Å²) >= 11 is 0. The molecule has 0 unspecified atom stereocenters. The summed E-state index contributed by atoms with van der Waals surface area (Å²) in [6.07, 6.45) is 0. The molecule has 1 N–H and O–H groups in total. The molecule has 0 saturated heterocycles. The van der Waals surface area contributed by atoms with Crippen molar-refractivity contribution in [3.8, 4) is 0 Å². The summed E-state index contributed by atoms with van der Waals surface area (Å²) in [5.74, 6) is 0. The van der Waals surface area contributed by atoms with E-state index in [0.717, 1.165) is 0 Å². The fourth-order valence-electron chi connectivity index (χ4n) is 0. The maximum atomic E-state index is 8.40. The van der Waals surface area contributed by atoms with Gasteiger partial charge in [0.15, 0.2) is 0 Å². The first-order valence-electron chi connectivity index (χ1n) is 2.17. The van der Waals surface area contributed by atoms with Crippen LogP contribution in [0.5, 0.6) is 0 Å². The zero-order valence-corrected chi connectivity index (χ0v) is 4.65. The molecule has 0 spiro atoms. The molecule has 0 aromatic heterocycles. The van der Waals surface area contributed by atoms with Gasteiger partial charge in [0.05, 0.1) is 0 Å². The second kappa shape index (κ2) is 3.90. The van der Waals surface area contributed by atoms with Gasteiger partial charge in [-0.05, 0) is 5.41 Å². The molecule has 0 aliphatic heterocycles. The van der Waals surface area contributed by atoms with Crippen molar-refractivity contribution in [2.24, 2.45) is 5.41 Å². The molecule has 0 bridgehead atoms. The van der Waals surface area contributed by atoms with E-state index in [9.17, 15) is 0 Å². The van der Waals surface area contributed by atoms with Crippen LogP contribution in [0.15, 0.2) is 0 Å². The molecule has 2 heteroatoms. The number of hydrogen-bond donors (Lipinski definition) is 1. The Morgan fingerprint density at radius 1 is 1.29 bits per heavy atom. The van der Waals surface area contributed by atoms with Gasteiger partial charge in [0, 0.05) is 6.61 Å². The molecular formula is C5H13NaO. The van der Waals surface area contributed by atoms with E-state index in [-0.39, 0.29) is 41.6 Å². The van der Waals surface area contributed by atoms with E-state index < -0.39 is 0 Å². The van der Waals surface area contributed by atoms with Crippen LogP contribution in [-0.2, 0) is 0 Å². The number of aliphatic hydroxyl groups is 1. The topological polar surface area (TPSA) is 20.2 Å². The SMILES string of the molecule is CC(C)(C)CO.[NaH]. The number of hydrogen-bond acceptors (Lipinski definition) is 1. The summed E-state index contributed by atoms with van der Waals surface area (Å²) in [7, 11) is 0. The van der Waals surface area contributed by atoms with Crippen LogP contribution in [0.3, 0.4) is 0 Å². The Hall–Kier alpha value is 0.960. The number of rotatable bonds is 0. The monoisotopic (exact) mass is 112 g/mol. The summed E-state index contributed by atoms with van der Waals surface area (Å²) in [6, 6.07) is 0. The van der Waals surface area contributed by atoms with E-state index in [1.165, 1.54) is 0 Å². The van der Waals surface area contributed by atoms with Crippen molar-refractivity contribution in [3.05, 3.63) is 0 Å². The zero-order valence-electron chi connectivity index (χ0n) is 4.65. The van der Waals surface area contributed by atoms with Crippen molar-refractivity contribution in [1.82, 2.24) is 0 Å². The van der Waals surface area contributed by atoms with Gasteiger partial charge in [0.2, 0.25) is 0 Å². The van der Waals surface area contributed by atoms with Gasteiger partial charge in [0.1, 0.15) is 0 Å². The van der Waals surface area contributed by atoms with Crippen LogP contribution in [0.4, 0.5) is 0 Å². The van der Waals surface area contributed by atoms with Crippen LogP contribution in [0, 0.1) is 5.41 Å². The first-order chi connectivity index (χ1) is 2.56. The predicted octanol–water partition coefficient (Wildman–Crippen LogP) is 0.376. The Balaban J connectivity index is 0. The molecule has 0 aliphatic rings. The molecule has 0 aliphatic carbocycles. The Labute approximate surface area is 67.4 Å². The molecule has 0 saturated carbocycles. The summed E-state index contributed by atoms with van der Waals surface area (Å²) in [5, 5.41) is 8.40. The van der Waals surface area contributed by atoms with Gasteiger partial charge in [-0.2, -0.15) is 0 Å². The predicted molar refractivity (Wildman–Crippen MR) is 33.7 cm³/mol. The van der Waals surface area contributed by atoms with Crippen molar-refractivity contribution in [2.45, 2.75) is 20.8 Å². The quantitative estimate of drug-likeness (QED) is 0.449. The van der Waals surface area contributed by atoms with Crippen molar-refractivity contribution in [1.29, 1.82) is 0 Å². The third-order valence-corrected chi connectivity index (χ3v) is 0.474. The first kappa shape index (κ1) is 10.9. The average Bonchev–Trinajstić information content (AvgIpc) is 1.35. The van der Waals surface area contributed by atoms with E-state index >= 15 is 0 Å². The Kier molecular flexibility index (Phi) is 6.05. The second-order valence-corrected chi connectivity index (χ2v) is 2.72. The molecule has 40 valence electrons. The molecule has 0 amide bonds. The van der Waals surface area contributed by atoms with E-state index in [1.54, 1.807) is 0 Å². The number of aliphatic hydroxyl groups excluding tert-OH is 1. The van der Waals surface area contributed by atoms with Crippen molar-refractivity contribution in [2.75, 3.05) is 6.61 Å². The minimum atomic E-state index is 0. The molecule has 1 nitrogen and oxygen atoms in total. The molecule has 0 radical (unpaired) electrons. The molecule has 0 aromatic rings. The minimum absolute atomic E-state index is 0. The van der Waals surface area contributed by atoms with E-state index in [2.05, 4.69) is 0 Å². The third kappa shape index (κ3) is 10.9. The fourth-order valence-corrected chi connectivity index (χ4v) is 0. The van der Waals surface area contributed by atoms with E-state index in [0.29, 0.717) is 0 Å². The Morgan fingerprint density at radius 2 is 1.43 bits per heavy atom. The molecule has 0 heterocycles. The van der Waals surface area contributed by atoms with Crippen LogP contribution in [0.2, 0.25) is 0 Å². The second-order valence-electron chi connectivity index (χ2n) is 2.72. The molecule has 0 fully saturated rings. The standard InChI is InChI=1S/C5H12O.Na.H/c1-5(2,3)4-6;;/h6H,4H2,1-3H3;;. The van der Waals surface area contributed by atoms with Crippen molar-refractivity contribution >= 4 is 29.6 Å². The molecule has 0 aromatic carbocycles. The zero-order chi connectivity index (χ0) is 5.21. The summed E-state index contributed by atoms with van der Waals surface area (Å²) in [4.78, 5) is 0. The Morgan fingerprint density at radius 3 is 1.43 bits per heavy atom. The van der Waals surface area contributed by atoms with Gasteiger partial charge < -0.3 is 5.11 Å². The molecule has 0 atom stereocenters. The van der Waals surface area contributed by atoms with Gasteiger partial charge in [-0.15, -0.1) is 0 Å². The van der Waals surface area contributed by atoms with Crippen molar-refractivity contribution in [3.63, 3.8) is 0 Å². The first-order valence-corrected chi connectivity index (χ1v) is 2.17. The van der Waals surface area contributed by atoms with Gasteiger partial charge in [-0.25, -0.2) is 0 Å². The fraction of sp³-hybridized carbons (Fsp3) is 1.00. The average molecular weight is 112 g/mol. The van der Waals surface area contributed by atoms with Crippen molar-refractivity contribution < 1.29 is 5.11 Å². The van der Waals surface area contributed by atoms with E-state index in [1.807, 2.05) is 20.8 Å². The van der Waals surface area contributed by atoms with Crippen LogP contribution < -0.4 is 0 Å². The van der Waals surface area contributed by atoms with Crippen LogP contribution >= 0.6 is 0 Å². The summed E-state index contributed by atoms with van der Waals surface area (Å²) < 4.78 is 0. The summed E-state index contributed by atoms with van der Waals surface area (Å²) in [5.41, 5.74) is 0.0972.